The zero-order valence-electron chi connectivity index (χ0n) is 11.2. The molecule has 19 heavy (non-hydrogen) atoms. The Labute approximate surface area is 111 Å². The van der Waals surface area contributed by atoms with E-state index >= 15 is 0 Å². The van der Waals surface area contributed by atoms with Gasteiger partial charge in [-0.2, -0.15) is 0 Å². The van der Waals surface area contributed by atoms with Gasteiger partial charge in [0.25, 0.3) is 0 Å². The van der Waals surface area contributed by atoms with Crippen LogP contribution in [0.2, 0.25) is 0 Å². The van der Waals surface area contributed by atoms with Crippen LogP contribution in [0.25, 0.3) is 6.08 Å². The molecule has 0 saturated heterocycles. The lowest BCUT2D eigenvalue weighted by Gasteiger charge is -2.07. The maximum Gasteiger partial charge on any atom is 0.339 e. The molecule has 0 aliphatic carbocycles. The molecule has 0 bridgehead atoms. The molecule has 0 atom stereocenters. The van der Waals surface area contributed by atoms with E-state index in [1.807, 2.05) is 6.92 Å². The van der Waals surface area contributed by atoms with Crippen LogP contribution in [0, 0.1) is 6.92 Å². The second-order valence-corrected chi connectivity index (χ2v) is 4.44. The van der Waals surface area contributed by atoms with Crippen LogP contribution in [0.1, 0.15) is 25.0 Å². The number of carbonyl (C=O) groups is 2. The van der Waals surface area contributed by atoms with Crippen molar-refractivity contribution in [3.63, 3.8) is 0 Å². The molecule has 0 spiro atoms. The van der Waals surface area contributed by atoms with Gasteiger partial charge in [0.15, 0.2) is 5.78 Å². The van der Waals surface area contributed by atoms with Gasteiger partial charge in [0.1, 0.15) is 12.2 Å². The minimum Gasteiger partial charge on any atom is -0.478 e. The van der Waals surface area contributed by atoms with Gasteiger partial charge in [0.2, 0.25) is 0 Å². The number of aromatic nitrogens is 1. The summed E-state index contributed by atoms with van der Waals surface area (Å²) >= 11 is 0. The number of aliphatic carboxylic acids is 1. The Hall–Kier alpha value is -2.01. The van der Waals surface area contributed by atoms with Gasteiger partial charge in [0, 0.05) is 12.4 Å². The molecule has 0 amide bonds. The topological polar surface area (TPSA) is 76.5 Å². The second-order valence-electron chi connectivity index (χ2n) is 4.44. The molecule has 0 aromatic carbocycles. The van der Waals surface area contributed by atoms with Gasteiger partial charge < -0.3 is 9.84 Å². The lowest BCUT2D eigenvalue weighted by molar-refractivity contribution is -0.135. The molecule has 1 aromatic rings. The highest BCUT2D eigenvalue weighted by atomic mass is 16.5. The monoisotopic (exact) mass is 263 g/mol. The van der Waals surface area contributed by atoms with E-state index < -0.39 is 11.8 Å². The molecule has 1 N–H and O–H groups in total. The number of ether oxygens (including phenoxy) is 1. The number of Topliss-reactive ketones (excluding diaryl/α,β-unsaturated/α-hetero) is 1. The van der Waals surface area contributed by atoms with Crippen LogP contribution >= 0.6 is 0 Å². The molecule has 1 rings (SSSR count). The molecule has 102 valence electrons. The fourth-order valence-corrected chi connectivity index (χ4v) is 1.41. The van der Waals surface area contributed by atoms with E-state index in [4.69, 9.17) is 9.84 Å². The average Bonchev–Trinajstić information content (AvgIpc) is 2.32. The van der Waals surface area contributed by atoms with E-state index in [0.717, 1.165) is 5.56 Å². The maximum atomic E-state index is 11.8. The summed E-state index contributed by atoms with van der Waals surface area (Å²) in [4.78, 5) is 26.8. The van der Waals surface area contributed by atoms with E-state index in [1.54, 1.807) is 26.1 Å². The average molecular weight is 263 g/mol. The molecule has 0 radical (unpaired) electrons. The lowest BCUT2D eigenvalue weighted by Crippen LogP contribution is -2.19. The van der Waals surface area contributed by atoms with Gasteiger partial charge in [-0.15, -0.1) is 0 Å². The van der Waals surface area contributed by atoms with Gasteiger partial charge in [-0.3, -0.25) is 9.78 Å². The summed E-state index contributed by atoms with van der Waals surface area (Å²) < 4.78 is 5.13. The van der Waals surface area contributed by atoms with Crippen LogP contribution in [0.5, 0.6) is 0 Å². The summed E-state index contributed by atoms with van der Waals surface area (Å²) in [6, 6.07) is 1.76. The quantitative estimate of drug-likeness (QED) is 0.481. The lowest BCUT2D eigenvalue weighted by atomic mass is 10.1. The number of pyridine rings is 1. The number of aryl methyl sites for hydroxylation is 1. The molecule has 1 aromatic heterocycles. The third kappa shape index (κ3) is 5.01. The summed E-state index contributed by atoms with van der Waals surface area (Å²) in [5.41, 5.74) is 1.17. The Morgan fingerprint density at radius 3 is 2.63 bits per heavy atom. The molecule has 5 heteroatoms. The van der Waals surface area contributed by atoms with Crippen LogP contribution in [-0.4, -0.2) is 34.6 Å². The van der Waals surface area contributed by atoms with Gasteiger partial charge in [-0.05, 0) is 44.0 Å². The van der Waals surface area contributed by atoms with Gasteiger partial charge >= 0.3 is 5.97 Å². The van der Waals surface area contributed by atoms with E-state index in [9.17, 15) is 9.59 Å². The normalized spacial score (nSPS) is 11.7. The minimum absolute atomic E-state index is 0.125. The molecule has 5 nitrogen and oxygen atoms in total. The molecule has 0 fully saturated rings. The highest BCUT2D eigenvalue weighted by molar-refractivity contribution is 6.20. The predicted octanol–water partition coefficient (Wildman–Crippen LogP) is 1.85. The van der Waals surface area contributed by atoms with Crippen LogP contribution in [0.3, 0.4) is 0 Å². The van der Waals surface area contributed by atoms with Crippen molar-refractivity contribution < 1.29 is 19.4 Å². The SMILES string of the molecule is Cc1cncc(C=C(C(=O)O)C(=O)COC(C)C)c1. The number of hydrogen-bond donors (Lipinski definition) is 1. The number of hydrogen-bond acceptors (Lipinski definition) is 4. The molecular weight excluding hydrogens is 246 g/mol. The zero-order chi connectivity index (χ0) is 14.4. The summed E-state index contributed by atoms with van der Waals surface area (Å²) in [6.07, 6.45) is 4.35. The van der Waals surface area contributed by atoms with Crippen molar-refractivity contribution in [1.82, 2.24) is 4.98 Å². The number of ketones is 1. The zero-order valence-corrected chi connectivity index (χ0v) is 11.2. The Balaban J connectivity index is 2.94. The Kier molecular flexibility index (Phi) is 5.38. The van der Waals surface area contributed by atoms with Crippen LogP contribution in [0.15, 0.2) is 24.0 Å². The van der Waals surface area contributed by atoms with Gasteiger partial charge in [0.05, 0.1) is 6.10 Å². The van der Waals surface area contributed by atoms with E-state index in [1.165, 1.54) is 12.3 Å². The Morgan fingerprint density at radius 2 is 2.11 bits per heavy atom. The second kappa shape index (κ2) is 6.80. The number of carboxylic acid groups (broad SMARTS) is 1. The van der Waals surface area contributed by atoms with Gasteiger partial charge in [-0.25, -0.2) is 4.79 Å². The largest absolute Gasteiger partial charge is 0.478 e. The first kappa shape index (κ1) is 15.0. The van der Waals surface area contributed by atoms with Crippen molar-refractivity contribution in [3.05, 3.63) is 35.2 Å². The fourth-order valence-electron chi connectivity index (χ4n) is 1.41. The predicted molar refractivity (Wildman–Crippen MR) is 70.7 cm³/mol. The summed E-state index contributed by atoms with van der Waals surface area (Å²) in [6.45, 7) is 5.16. The van der Waals surface area contributed by atoms with Crippen molar-refractivity contribution in [2.24, 2.45) is 0 Å². The van der Waals surface area contributed by atoms with Gasteiger partial charge in [-0.1, -0.05) is 0 Å². The van der Waals surface area contributed by atoms with Crippen LogP contribution in [0.4, 0.5) is 0 Å². The summed E-state index contributed by atoms with van der Waals surface area (Å²) in [7, 11) is 0. The molecule has 0 unspecified atom stereocenters. The standard InChI is InChI=1S/C14H17NO4/c1-9(2)19-8-13(16)12(14(17)18)5-11-4-10(3)6-15-7-11/h4-7,9H,8H2,1-3H3,(H,17,18). The highest BCUT2D eigenvalue weighted by Crippen LogP contribution is 2.09. The van der Waals surface area contributed by atoms with E-state index in [2.05, 4.69) is 4.98 Å². The van der Waals surface area contributed by atoms with Crippen molar-refractivity contribution in [3.8, 4) is 0 Å². The third-order valence-electron chi connectivity index (χ3n) is 2.29. The summed E-state index contributed by atoms with van der Waals surface area (Å²) in [5, 5.41) is 9.07. The third-order valence-corrected chi connectivity index (χ3v) is 2.29. The molecular formula is C14H17NO4. The van der Waals surface area contributed by atoms with Crippen molar-refractivity contribution in [1.29, 1.82) is 0 Å². The van der Waals surface area contributed by atoms with E-state index in [-0.39, 0.29) is 18.3 Å². The molecule has 1 heterocycles. The molecule has 0 aliphatic rings. The first-order valence-corrected chi connectivity index (χ1v) is 5.91. The number of carboxylic acids is 1. The smallest absolute Gasteiger partial charge is 0.339 e. The number of rotatable bonds is 6. The van der Waals surface area contributed by atoms with Crippen molar-refractivity contribution in [2.45, 2.75) is 26.9 Å². The Morgan fingerprint density at radius 1 is 1.42 bits per heavy atom. The fraction of sp³-hybridized carbons (Fsp3) is 0.357. The molecule has 0 aliphatic heterocycles. The molecule has 0 saturated carbocycles. The maximum absolute atomic E-state index is 11.8. The number of carbonyl (C=O) groups excluding carboxylic acids is 1. The summed E-state index contributed by atoms with van der Waals surface area (Å²) in [5.74, 6) is -1.82. The highest BCUT2D eigenvalue weighted by Gasteiger charge is 2.18. The minimum atomic E-state index is -1.26. The van der Waals surface area contributed by atoms with Crippen LogP contribution < -0.4 is 0 Å². The van der Waals surface area contributed by atoms with Crippen LogP contribution in [-0.2, 0) is 14.3 Å². The van der Waals surface area contributed by atoms with Crippen molar-refractivity contribution >= 4 is 17.8 Å². The van der Waals surface area contributed by atoms with Crippen molar-refractivity contribution in [2.75, 3.05) is 6.61 Å². The van der Waals surface area contributed by atoms with E-state index in [0.29, 0.717) is 5.56 Å². The first-order chi connectivity index (χ1) is 8.90. The Bertz CT molecular complexity index is 506. The number of nitrogens with zero attached hydrogens (tertiary/aromatic N) is 1. The first-order valence-electron chi connectivity index (χ1n) is 5.91.